The normalized spacial score (nSPS) is 22.8. The van der Waals surface area contributed by atoms with Gasteiger partial charge in [-0.05, 0) is 19.1 Å². The van der Waals surface area contributed by atoms with Crippen molar-refractivity contribution < 1.29 is 35.0 Å². The van der Waals surface area contributed by atoms with Crippen LogP contribution < -0.4 is 29.1 Å². The molecule has 7 nitrogen and oxygen atoms in total. The van der Waals surface area contributed by atoms with Crippen molar-refractivity contribution in [3.8, 4) is 0 Å². The van der Waals surface area contributed by atoms with Gasteiger partial charge in [-0.1, -0.05) is 29.3 Å². The second-order valence-electron chi connectivity index (χ2n) is 6.67. The Hall–Kier alpha value is -1.65. The molecule has 0 aromatic carbocycles. The van der Waals surface area contributed by atoms with Gasteiger partial charge in [0.2, 0.25) is 0 Å². The summed E-state index contributed by atoms with van der Waals surface area (Å²) in [6.45, 7) is 3.21. The summed E-state index contributed by atoms with van der Waals surface area (Å²) >= 11 is 12.1. The quantitative estimate of drug-likeness (QED) is 0.610. The minimum absolute atomic E-state index is 0. The Balaban J connectivity index is 0.00000140. The summed E-state index contributed by atoms with van der Waals surface area (Å²) < 4.78 is 0. The topological polar surface area (TPSA) is 98.3 Å². The maximum absolute atomic E-state index is 12.4. The molecular weight excluding hydrogens is 386 g/mol. The van der Waals surface area contributed by atoms with E-state index in [2.05, 4.69) is 15.3 Å². The summed E-state index contributed by atoms with van der Waals surface area (Å²) in [6.07, 6.45) is 0. The van der Waals surface area contributed by atoms with Crippen LogP contribution in [-0.2, 0) is 0 Å². The number of amides is 1. The number of nitrogens with one attached hydrogen (secondary N) is 2. The Bertz CT molecular complexity index is 914. The number of halogens is 2. The first-order chi connectivity index (χ1) is 12.4. The van der Waals surface area contributed by atoms with Gasteiger partial charge in [-0.2, -0.15) is 0 Å². The van der Waals surface area contributed by atoms with Gasteiger partial charge in [0, 0.05) is 36.7 Å². The molecule has 138 valence electrons. The fourth-order valence-corrected chi connectivity index (χ4v) is 4.01. The van der Waals surface area contributed by atoms with E-state index in [0.717, 1.165) is 13.1 Å². The predicted molar refractivity (Wildman–Crippen MR) is 98.3 cm³/mol. The first-order valence-corrected chi connectivity index (χ1v) is 8.92. The van der Waals surface area contributed by atoms with Gasteiger partial charge >= 0.3 is 24.8 Å². The molecule has 0 bridgehead atoms. The number of H-pyrrole nitrogens is 1. The van der Waals surface area contributed by atoms with Crippen molar-refractivity contribution in [2.24, 2.45) is 11.8 Å². The number of carbonyl (C=O) groups is 2. The van der Waals surface area contributed by atoms with Crippen molar-refractivity contribution in [3.05, 3.63) is 45.3 Å². The number of nitrogens with zero attached hydrogens (tertiary/aromatic N) is 2. The molecule has 3 heterocycles. The first kappa shape index (κ1) is 20.1. The number of fused-ring (bicyclic) bond motifs is 1. The zero-order valence-electron chi connectivity index (χ0n) is 15.8. The second kappa shape index (κ2) is 7.40. The van der Waals surface area contributed by atoms with E-state index in [9.17, 15) is 9.59 Å². The molecule has 1 saturated heterocycles. The van der Waals surface area contributed by atoms with E-state index in [1.165, 1.54) is 6.07 Å². The number of carboxylic acids is 1. The Morgan fingerprint density at radius 1 is 1.30 bits per heavy atom. The summed E-state index contributed by atoms with van der Waals surface area (Å²) in [5.41, 5.74) is 0.974. The monoisotopic (exact) mass is 402 g/mol. The van der Waals surface area contributed by atoms with Crippen molar-refractivity contribution in [1.82, 2.24) is 15.3 Å². The van der Waals surface area contributed by atoms with E-state index in [4.69, 9.17) is 28.3 Å². The van der Waals surface area contributed by atoms with Crippen LogP contribution >= 0.6 is 23.2 Å². The molecule has 3 atom stereocenters. The van der Waals surface area contributed by atoms with Crippen LogP contribution in [0.5, 0.6) is 0 Å². The summed E-state index contributed by atoms with van der Waals surface area (Å²) in [4.78, 5) is 32.6. The van der Waals surface area contributed by atoms with Gasteiger partial charge < -0.3 is 21.7 Å². The summed E-state index contributed by atoms with van der Waals surface area (Å²) in [6, 6.07) is 5.04. The van der Waals surface area contributed by atoms with Crippen molar-refractivity contribution in [3.63, 3.8) is 0 Å². The fraction of sp³-hybridized carbons (Fsp3) is 0.353. The van der Waals surface area contributed by atoms with Crippen LogP contribution in [0.1, 0.15) is 28.1 Å². The third kappa shape index (κ3) is 3.57. The van der Waals surface area contributed by atoms with E-state index >= 15 is 0 Å². The van der Waals surface area contributed by atoms with Gasteiger partial charge in [-0.15, -0.1) is 0 Å². The molecule has 1 amide bonds. The van der Waals surface area contributed by atoms with Crippen molar-refractivity contribution in [2.75, 3.05) is 18.0 Å². The van der Waals surface area contributed by atoms with Crippen LogP contribution in [0.25, 0.3) is 0 Å². The molecular formula is C17H17Cl2LiN4O3. The number of pyridine rings is 1. The van der Waals surface area contributed by atoms with Crippen LogP contribution in [0.15, 0.2) is 18.2 Å². The van der Waals surface area contributed by atoms with Crippen LogP contribution in [0.3, 0.4) is 0 Å². The van der Waals surface area contributed by atoms with Crippen LogP contribution in [0.2, 0.25) is 10.0 Å². The van der Waals surface area contributed by atoms with E-state index in [0.29, 0.717) is 28.4 Å². The summed E-state index contributed by atoms with van der Waals surface area (Å²) in [5, 5.41) is 12.7. The number of hydrogen-bond acceptors (Lipinski definition) is 4. The number of aromatic nitrogens is 2. The largest absolute Gasteiger partial charge is 1.00 e. The number of anilines is 1. The molecule has 10 heteroatoms. The maximum atomic E-state index is 12.4. The number of aryl methyl sites for hydroxylation is 1. The molecule has 1 unspecified atom stereocenters. The number of aromatic amines is 1. The molecule has 2 aliphatic rings. The Morgan fingerprint density at radius 3 is 2.52 bits per heavy atom. The Kier molecular flexibility index (Phi) is 5.51. The van der Waals surface area contributed by atoms with Crippen LogP contribution in [0.4, 0.5) is 5.82 Å². The zero-order chi connectivity index (χ0) is 18.6. The molecule has 3 N–H and O–H groups in total. The minimum atomic E-state index is -1.04. The minimum Gasteiger partial charge on any atom is -1.00 e. The van der Waals surface area contributed by atoms with Gasteiger partial charge in [0.25, 0.3) is 5.91 Å². The number of hydrogen-bond donors (Lipinski definition) is 3. The molecule has 1 aliphatic carbocycles. The molecule has 2 fully saturated rings. The predicted octanol–water partition coefficient (Wildman–Crippen LogP) is -0.296. The summed E-state index contributed by atoms with van der Waals surface area (Å²) in [7, 11) is 0. The fourth-order valence-electron chi connectivity index (χ4n) is 3.60. The molecule has 0 radical (unpaired) electrons. The van der Waals surface area contributed by atoms with E-state index < -0.39 is 5.97 Å². The standard InChI is InChI=1S/C17H16Cl2N4O3.Li.H/c1-7-12(18)13(19)15(20-7)16(24)22-14-8-5-23(6-9(8)14)11-4-2-3-10(21-11)17(25)26;;/h2-4,8-9,14,20H,5-6H2,1H3,(H,22,24)(H,25,26);;/q;+1;-1/t8-,9+,14?;;. The van der Waals surface area contributed by atoms with E-state index in [1.807, 2.05) is 4.90 Å². The third-order valence-corrected chi connectivity index (χ3v) is 6.00. The number of rotatable bonds is 4. The molecule has 27 heavy (non-hydrogen) atoms. The second-order valence-corrected chi connectivity index (χ2v) is 7.43. The average molecular weight is 403 g/mol. The number of piperidine rings is 1. The number of aromatic carboxylic acids is 1. The molecule has 2 aromatic heterocycles. The van der Waals surface area contributed by atoms with Crippen molar-refractivity contribution >= 4 is 40.9 Å². The van der Waals surface area contributed by atoms with E-state index in [1.54, 1.807) is 19.1 Å². The van der Waals surface area contributed by atoms with Crippen molar-refractivity contribution in [1.29, 1.82) is 0 Å². The number of carboxylic acid groups (broad SMARTS) is 1. The SMILES string of the molecule is Cc1[nH]c(C(=O)NC2[C@H]3CN(c4cccc(C(=O)O)n4)C[C@@H]23)c(Cl)c1Cl.[H-].[Li+]. The van der Waals surface area contributed by atoms with Gasteiger partial charge in [0.15, 0.2) is 5.69 Å². The first-order valence-electron chi connectivity index (χ1n) is 8.16. The smallest absolute Gasteiger partial charge is 1.00 e. The summed E-state index contributed by atoms with van der Waals surface area (Å²) in [5.74, 6) is -0.0175. The van der Waals surface area contributed by atoms with Gasteiger partial charge in [-0.3, -0.25) is 4.79 Å². The Labute approximate surface area is 179 Å². The van der Waals surface area contributed by atoms with Gasteiger partial charge in [0.05, 0.1) is 10.0 Å². The molecule has 1 saturated carbocycles. The molecule has 4 rings (SSSR count). The molecule has 1 aliphatic heterocycles. The van der Waals surface area contributed by atoms with E-state index in [-0.39, 0.29) is 48.6 Å². The van der Waals surface area contributed by atoms with Crippen LogP contribution in [-0.4, -0.2) is 46.1 Å². The maximum Gasteiger partial charge on any atom is 1.00 e. The van der Waals surface area contributed by atoms with Crippen molar-refractivity contribution in [2.45, 2.75) is 13.0 Å². The van der Waals surface area contributed by atoms with Crippen LogP contribution in [0, 0.1) is 18.8 Å². The third-order valence-electron chi connectivity index (χ3n) is 5.05. The van der Waals surface area contributed by atoms with Gasteiger partial charge in [-0.25, -0.2) is 9.78 Å². The number of carbonyl (C=O) groups excluding carboxylic acids is 1. The average Bonchev–Trinajstić information content (AvgIpc) is 2.95. The molecule has 2 aromatic rings. The Morgan fingerprint density at radius 2 is 1.96 bits per heavy atom. The van der Waals surface area contributed by atoms with Gasteiger partial charge in [0.1, 0.15) is 11.5 Å². The molecule has 0 spiro atoms. The zero-order valence-corrected chi connectivity index (χ0v) is 16.3.